The topological polar surface area (TPSA) is 74.6 Å². The molecule has 6 heteroatoms. The zero-order valence-electron chi connectivity index (χ0n) is 16.6. The van der Waals surface area contributed by atoms with Crippen LogP contribution in [0.1, 0.15) is 37.5 Å². The number of rotatable bonds is 6. The lowest BCUT2D eigenvalue weighted by Gasteiger charge is -2.32. The molecule has 0 saturated carbocycles. The lowest BCUT2D eigenvalue weighted by atomic mass is 9.93. The van der Waals surface area contributed by atoms with Crippen LogP contribution in [-0.2, 0) is 11.2 Å². The van der Waals surface area contributed by atoms with E-state index in [1.54, 1.807) is 6.26 Å². The molecule has 0 radical (unpaired) electrons. The van der Waals surface area contributed by atoms with Crippen molar-refractivity contribution in [3.8, 4) is 0 Å². The molecular formula is C22H29N3O3. The lowest BCUT2D eigenvalue weighted by Crippen LogP contribution is -2.42. The molecule has 2 aromatic rings. The number of carbonyl (C=O) groups is 2. The minimum atomic E-state index is -0.0705. The SMILES string of the molecule is Cc1ccc(NC(=O)N2CCC(CC(=O)N[C@@H](C)Cc3ccco3)CC2)cc1. The second-order valence-corrected chi connectivity index (χ2v) is 7.68. The van der Waals surface area contributed by atoms with E-state index in [9.17, 15) is 9.59 Å². The van der Waals surface area contributed by atoms with E-state index >= 15 is 0 Å². The highest BCUT2D eigenvalue weighted by atomic mass is 16.3. The Labute approximate surface area is 166 Å². The molecule has 1 atom stereocenters. The largest absolute Gasteiger partial charge is 0.469 e. The fourth-order valence-electron chi connectivity index (χ4n) is 3.56. The molecule has 1 aromatic carbocycles. The van der Waals surface area contributed by atoms with Gasteiger partial charge in [-0.2, -0.15) is 0 Å². The maximum atomic E-state index is 12.4. The van der Waals surface area contributed by atoms with E-state index in [4.69, 9.17) is 4.42 Å². The monoisotopic (exact) mass is 383 g/mol. The number of nitrogens with one attached hydrogen (secondary N) is 2. The Morgan fingerprint density at radius 2 is 1.89 bits per heavy atom. The molecule has 1 saturated heterocycles. The van der Waals surface area contributed by atoms with E-state index in [0.29, 0.717) is 31.8 Å². The molecule has 0 bridgehead atoms. The van der Waals surface area contributed by atoms with Crippen LogP contribution in [0.4, 0.5) is 10.5 Å². The minimum Gasteiger partial charge on any atom is -0.469 e. The van der Waals surface area contributed by atoms with Gasteiger partial charge in [-0.1, -0.05) is 17.7 Å². The first-order chi connectivity index (χ1) is 13.5. The van der Waals surface area contributed by atoms with Gasteiger partial charge in [0, 0.05) is 37.7 Å². The number of hydrogen-bond acceptors (Lipinski definition) is 3. The van der Waals surface area contributed by atoms with Crippen molar-refractivity contribution < 1.29 is 14.0 Å². The number of carbonyl (C=O) groups excluding carboxylic acids is 2. The van der Waals surface area contributed by atoms with Crippen LogP contribution in [0.3, 0.4) is 0 Å². The van der Waals surface area contributed by atoms with Gasteiger partial charge in [0.25, 0.3) is 0 Å². The van der Waals surface area contributed by atoms with Crippen molar-refractivity contribution in [1.82, 2.24) is 10.2 Å². The third-order valence-corrected chi connectivity index (χ3v) is 5.17. The molecular weight excluding hydrogens is 354 g/mol. The van der Waals surface area contributed by atoms with E-state index < -0.39 is 0 Å². The number of furan rings is 1. The highest BCUT2D eigenvalue weighted by Crippen LogP contribution is 2.21. The van der Waals surface area contributed by atoms with Gasteiger partial charge in [-0.25, -0.2) is 4.79 Å². The van der Waals surface area contributed by atoms with Crippen molar-refractivity contribution in [3.63, 3.8) is 0 Å². The van der Waals surface area contributed by atoms with Crippen molar-refractivity contribution in [2.75, 3.05) is 18.4 Å². The average Bonchev–Trinajstić information content (AvgIpc) is 3.16. The maximum Gasteiger partial charge on any atom is 0.321 e. The molecule has 0 spiro atoms. The van der Waals surface area contributed by atoms with Crippen molar-refractivity contribution >= 4 is 17.6 Å². The van der Waals surface area contributed by atoms with Crippen LogP contribution in [0.15, 0.2) is 47.1 Å². The Morgan fingerprint density at radius 3 is 2.54 bits per heavy atom. The molecule has 2 heterocycles. The summed E-state index contributed by atoms with van der Waals surface area (Å²) in [4.78, 5) is 26.5. The van der Waals surface area contributed by atoms with Gasteiger partial charge in [0.05, 0.1) is 6.26 Å². The smallest absolute Gasteiger partial charge is 0.321 e. The number of urea groups is 1. The summed E-state index contributed by atoms with van der Waals surface area (Å²) >= 11 is 0. The normalized spacial score (nSPS) is 15.9. The number of amides is 3. The van der Waals surface area contributed by atoms with E-state index in [0.717, 1.165) is 29.9 Å². The van der Waals surface area contributed by atoms with Gasteiger partial charge in [0.2, 0.25) is 5.91 Å². The van der Waals surface area contributed by atoms with Crippen molar-refractivity contribution in [2.24, 2.45) is 5.92 Å². The highest BCUT2D eigenvalue weighted by molar-refractivity contribution is 5.89. The predicted molar refractivity (Wildman–Crippen MR) is 109 cm³/mol. The van der Waals surface area contributed by atoms with Crippen molar-refractivity contribution in [3.05, 3.63) is 54.0 Å². The number of anilines is 1. The van der Waals surface area contributed by atoms with Gasteiger partial charge < -0.3 is 20.0 Å². The van der Waals surface area contributed by atoms with Crippen molar-refractivity contribution in [2.45, 2.75) is 45.6 Å². The quantitative estimate of drug-likeness (QED) is 0.793. The van der Waals surface area contributed by atoms with Gasteiger partial charge in [-0.3, -0.25) is 4.79 Å². The number of aryl methyl sites for hydroxylation is 1. The summed E-state index contributed by atoms with van der Waals surface area (Å²) in [5.41, 5.74) is 1.97. The Kier molecular flexibility index (Phi) is 6.74. The summed E-state index contributed by atoms with van der Waals surface area (Å²) in [7, 11) is 0. The summed E-state index contributed by atoms with van der Waals surface area (Å²) in [5.74, 6) is 1.27. The van der Waals surface area contributed by atoms with Crippen LogP contribution >= 0.6 is 0 Å². The summed E-state index contributed by atoms with van der Waals surface area (Å²) < 4.78 is 5.32. The molecule has 0 aliphatic carbocycles. The van der Waals surface area contributed by atoms with E-state index in [-0.39, 0.29) is 18.0 Å². The highest BCUT2D eigenvalue weighted by Gasteiger charge is 2.25. The standard InChI is InChI=1S/C22H29N3O3/c1-16-5-7-19(8-6-16)24-22(27)25-11-9-18(10-12-25)15-21(26)23-17(2)14-20-4-3-13-28-20/h3-8,13,17-18H,9-12,14-15H2,1-2H3,(H,23,26)(H,24,27)/t17-/m0/s1. The fourth-order valence-corrected chi connectivity index (χ4v) is 3.56. The van der Waals surface area contributed by atoms with Crippen molar-refractivity contribution in [1.29, 1.82) is 0 Å². The third-order valence-electron chi connectivity index (χ3n) is 5.17. The van der Waals surface area contributed by atoms with E-state index in [1.165, 1.54) is 0 Å². The molecule has 28 heavy (non-hydrogen) atoms. The van der Waals surface area contributed by atoms with Gasteiger partial charge in [0.1, 0.15) is 5.76 Å². The van der Waals surface area contributed by atoms with Crippen LogP contribution in [0.25, 0.3) is 0 Å². The molecule has 150 valence electrons. The number of likely N-dealkylation sites (tertiary alicyclic amines) is 1. The van der Waals surface area contributed by atoms with Gasteiger partial charge in [-0.15, -0.1) is 0 Å². The molecule has 1 aliphatic heterocycles. The maximum absolute atomic E-state index is 12.4. The molecule has 1 fully saturated rings. The number of nitrogens with zero attached hydrogens (tertiary/aromatic N) is 1. The van der Waals surface area contributed by atoms with Crippen LogP contribution in [0.2, 0.25) is 0 Å². The third kappa shape index (κ3) is 5.87. The zero-order valence-corrected chi connectivity index (χ0v) is 16.6. The summed E-state index contributed by atoms with van der Waals surface area (Å²) in [6, 6.07) is 11.5. The first-order valence-corrected chi connectivity index (χ1v) is 9.94. The van der Waals surface area contributed by atoms with Gasteiger partial charge in [-0.05, 0) is 56.9 Å². The van der Waals surface area contributed by atoms with Gasteiger partial charge >= 0.3 is 6.03 Å². The number of hydrogen-bond donors (Lipinski definition) is 2. The second-order valence-electron chi connectivity index (χ2n) is 7.68. The Balaban J connectivity index is 1.37. The Hall–Kier alpha value is -2.76. The Morgan fingerprint density at radius 1 is 1.18 bits per heavy atom. The fraction of sp³-hybridized carbons (Fsp3) is 0.455. The molecule has 6 nitrogen and oxygen atoms in total. The molecule has 2 N–H and O–H groups in total. The summed E-state index contributed by atoms with van der Waals surface area (Å²) in [6.07, 6.45) is 4.54. The second kappa shape index (κ2) is 9.44. The zero-order chi connectivity index (χ0) is 19.9. The number of benzene rings is 1. The first kappa shape index (κ1) is 20.0. The van der Waals surface area contributed by atoms with Crippen LogP contribution in [0, 0.1) is 12.8 Å². The average molecular weight is 383 g/mol. The summed E-state index contributed by atoms with van der Waals surface area (Å²) in [6.45, 7) is 5.36. The number of piperidine rings is 1. The first-order valence-electron chi connectivity index (χ1n) is 9.94. The molecule has 0 unspecified atom stereocenters. The lowest BCUT2D eigenvalue weighted by molar-refractivity contribution is -0.122. The van der Waals surface area contributed by atoms with Crippen LogP contribution in [-0.4, -0.2) is 36.0 Å². The predicted octanol–water partition coefficient (Wildman–Crippen LogP) is 3.97. The molecule has 1 aromatic heterocycles. The van der Waals surface area contributed by atoms with Crippen LogP contribution in [0.5, 0.6) is 0 Å². The van der Waals surface area contributed by atoms with E-state index in [2.05, 4.69) is 10.6 Å². The van der Waals surface area contributed by atoms with Gasteiger partial charge in [0.15, 0.2) is 0 Å². The molecule has 1 aliphatic rings. The molecule has 3 rings (SSSR count). The van der Waals surface area contributed by atoms with Crippen LogP contribution < -0.4 is 10.6 Å². The Bertz CT molecular complexity index is 763. The molecule has 3 amide bonds. The minimum absolute atomic E-state index is 0.0408. The summed E-state index contributed by atoms with van der Waals surface area (Å²) in [5, 5.41) is 5.99. The van der Waals surface area contributed by atoms with E-state index in [1.807, 2.05) is 55.1 Å².